The molecule has 19 heavy (non-hydrogen) atoms. The molecule has 0 unspecified atom stereocenters. The minimum Gasteiger partial charge on any atom is -0.385 e. The highest BCUT2D eigenvalue weighted by Gasteiger charge is 2.20. The molecule has 1 heterocycles. The summed E-state index contributed by atoms with van der Waals surface area (Å²) < 4.78 is 5.13. The lowest BCUT2D eigenvalue weighted by molar-refractivity contribution is 0.181. The van der Waals surface area contributed by atoms with E-state index in [1.807, 2.05) is 20.0 Å². The van der Waals surface area contributed by atoms with Crippen molar-refractivity contribution in [3.63, 3.8) is 0 Å². The fourth-order valence-corrected chi connectivity index (χ4v) is 2.00. The number of allylic oxidation sites excluding steroid dienone is 1. The number of methoxy groups -OCH3 is 1. The molecular formula is C16H26N2O. The highest BCUT2D eigenvalue weighted by Crippen LogP contribution is 2.32. The second kappa shape index (κ2) is 6.80. The highest BCUT2D eigenvalue weighted by molar-refractivity contribution is 5.51. The van der Waals surface area contributed by atoms with Gasteiger partial charge in [-0.05, 0) is 45.1 Å². The van der Waals surface area contributed by atoms with Crippen molar-refractivity contribution in [2.45, 2.75) is 47.5 Å². The number of nitrogens with zero attached hydrogens (tertiary/aromatic N) is 2. The van der Waals surface area contributed by atoms with E-state index in [0.29, 0.717) is 0 Å². The Kier molecular flexibility index (Phi) is 5.67. The van der Waals surface area contributed by atoms with Gasteiger partial charge in [-0.2, -0.15) is 0 Å². The summed E-state index contributed by atoms with van der Waals surface area (Å²) in [7, 11) is 1.75. The van der Waals surface area contributed by atoms with E-state index in [9.17, 15) is 0 Å². The molecule has 0 spiro atoms. The van der Waals surface area contributed by atoms with Gasteiger partial charge < -0.3 is 4.74 Å². The fraction of sp³-hybridized carbons (Fsp3) is 0.625. The van der Waals surface area contributed by atoms with Crippen molar-refractivity contribution in [3.8, 4) is 0 Å². The van der Waals surface area contributed by atoms with Crippen LogP contribution in [-0.2, 0) is 4.74 Å². The summed E-state index contributed by atoms with van der Waals surface area (Å²) in [6.07, 6.45) is 6.17. The molecule has 3 nitrogen and oxygen atoms in total. The van der Waals surface area contributed by atoms with Gasteiger partial charge in [0, 0.05) is 19.9 Å². The maximum atomic E-state index is 5.13. The second-order valence-electron chi connectivity index (χ2n) is 5.79. The molecule has 0 atom stereocenters. The molecule has 0 aliphatic rings. The summed E-state index contributed by atoms with van der Waals surface area (Å²) in [5.41, 5.74) is 4.43. The maximum absolute atomic E-state index is 5.13. The van der Waals surface area contributed by atoms with Crippen molar-refractivity contribution in [2.24, 2.45) is 5.41 Å². The third-order valence-corrected chi connectivity index (χ3v) is 3.68. The number of ether oxygens (including phenoxy) is 1. The first kappa shape index (κ1) is 15.8. The molecule has 3 heteroatoms. The smallest absolute Gasteiger partial charge is 0.0842 e. The van der Waals surface area contributed by atoms with Crippen molar-refractivity contribution < 1.29 is 4.74 Å². The minimum absolute atomic E-state index is 0.164. The highest BCUT2D eigenvalue weighted by atomic mass is 16.5. The molecule has 0 saturated carbocycles. The largest absolute Gasteiger partial charge is 0.385 e. The summed E-state index contributed by atoms with van der Waals surface area (Å²) in [6, 6.07) is 0. The molecule has 0 bridgehead atoms. The standard InChI is InChI=1S/C16H26N2O/c1-12(16(4,5)8-7-9-19-6)10-15-14(3)18-13(2)11-17-15/h10-11H,7-9H2,1-6H3/b12-10+. The molecule has 1 aromatic heterocycles. The van der Waals surface area contributed by atoms with Gasteiger partial charge >= 0.3 is 0 Å². The molecule has 1 rings (SSSR count). The number of hydrogen-bond acceptors (Lipinski definition) is 3. The van der Waals surface area contributed by atoms with Crippen LogP contribution in [0.15, 0.2) is 11.8 Å². The Morgan fingerprint density at radius 1 is 1.37 bits per heavy atom. The third-order valence-electron chi connectivity index (χ3n) is 3.68. The van der Waals surface area contributed by atoms with Gasteiger partial charge in [0.2, 0.25) is 0 Å². The van der Waals surface area contributed by atoms with Gasteiger partial charge in [0.15, 0.2) is 0 Å². The van der Waals surface area contributed by atoms with Crippen LogP contribution in [0.1, 0.15) is 50.7 Å². The van der Waals surface area contributed by atoms with Crippen LogP contribution in [0.25, 0.3) is 6.08 Å². The average Bonchev–Trinajstić information content (AvgIpc) is 2.32. The van der Waals surface area contributed by atoms with E-state index < -0.39 is 0 Å². The van der Waals surface area contributed by atoms with Gasteiger partial charge in [0.1, 0.15) is 0 Å². The van der Waals surface area contributed by atoms with E-state index in [4.69, 9.17) is 4.74 Å². The Balaban J connectivity index is 2.84. The third kappa shape index (κ3) is 4.75. The number of aromatic nitrogens is 2. The molecular weight excluding hydrogens is 236 g/mol. The molecule has 0 amide bonds. The lowest BCUT2D eigenvalue weighted by Gasteiger charge is -2.26. The van der Waals surface area contributed by atoms with Gasteiger partial charge in [-0.25, -0.2) is 0 Å². The predicted octanol–water partition coefficient (Wildman–Crippen LogP) is 3.95. The summed E-state index contributed by atoms with van der Waals surface area (Å²) >= 11 is 0. The molecule has 0 aromatic carbocycles. The van der Waals surface area contributed by atoms with Crippen molar-refractivity contribution in [1.29, 1.82) is 0 Å². The van der Waals surface area contributed by atoms with E-state index in [2.05, 4.69) is 36.8 Å². The second-order valence-corrected chi connectivity index (χ2v) is 5.79. The minimum atomic E-state index is 0.164. The summed E-state index contributed by atoms with van der Waals surface area (Å²) in [6.45, 7) is 11.5. The van der Waals surface area contributed by atoms with Crippen LogP contribution in [0.3, 0.4) is 0 Å². The molecule has 0 fully saturated rings. The first-order valence-corrected chi connectivity index (χ1v) is 6.85. The molecule has 0 N–H and O–H groups in total. The Hall–Kier alpha value is -1.22. The molecule has 1 aromatic rings. The van der Waals surface area contributed by atoms with Crippen molar-refractivity contribution >= 4 is 6.08 Å². The predicted molar refractivity (Wildman–Crippen MR) is 80.0 cm³/mol. The normalized spacial score (nSPS) is 12.8. The number of hydrogen-bond donors (Lipinski definition) is 0. The van der Waals surface area contributed by atoms with Crippen LogP contribution in [-0.4, -0.2) is 23.7 Å². The zero-order valence-electron chi connectivity index (χ0n) is 13.1. The van der Waals surface area contributed by atoms with Gasteiger partial charge in [-0.15, -0.1) is 0 Å². The van der Waals surface area contributed by atoms with Gasteiger partial charge in [-0.3, -0.25) is 9.97 Å². The van der Waals surface area contributed by atoms with Gasteiger partial charge in [0.05, 0.1) is 17.1 Å². The first-order valence-electron chi connectivity index (χ1n) is 6.85. The fourth-order valence-electron chi connectivity index (χ4n) is 2.00. The molecule has 0 saturated heterocycles. The Labute approximate surface area is 117 Å². The van der Waals surface area contributed by atoms with Crippen molar-refractivity contribution in [3.05, 3.63) is 28.9 Å². The molecule has 106 valence electrons. The van der Waals surface area contributed by atoms with Crippen molar-refractivity contribution in [1.82, 2.24) is 9.97 Å². The number of rotatable bonds is 6. The SMILES string of the molecule is COCCCC(C)(C)/C(C)=C/c1ncc(C)nc1C. The Morgan fingerprint density at radius 2 is 2.05 bits per heavy atom. The van der Waals surface area contributed by atoms with E-state index in [1.165, 1.54) is 5.57 Å². The Morgan fingerprint density at radius 3 is 2.63 bits per heavy atom. The first-order chi connectivity index (χ1) is 8.86. The van der Waals surface area contributed by atoms with E-state index in [1.54, 1.807) is 7.11 Å². The maximum Gasteiger partial charge on any atom is 0.0842 e. The number of aryl methyl sites for hydroxylation is 2. The lowest BCUT2D eigenvalue weighted by atomic mass is 9.80. The van der Waals surface area contributed by atoms with Crippen LogP contribution in [0, 0.1) is 19.3 Å². The lowest BCUT2D eigenvalue weighted by Crippen LogP contribution is -2.14. The van der Waals surface area contributed by atoms with Crippen LogP contribution >= 0.6 is 0 Å². The summed E-state index contributed by atoms with van der Waals surface area (Å²) in [4.78, 5) is 8.92. The quantitative estimate of drug-likeness (QED) is 0.728. The zero-order valence-corrected chi connectivity index (χ0v) is 13.1. The van der Waals surface area contributed by atoms with E-state index in [-0.39, 0.29) is 5.41 Å². The summed E-state index contributed by atoms with van der Waals surface area (Å²) in [5, 5.41) is 0. The van der Waals surface area contributed by atoms with Crippen molar-refractivity contribution in [2.75, 3.05) is 13.7 Å². The van der Waals surface area contributed by atoms with Gasteiger partial charge in [-0.1, -0.05) is 19.4 Å². The average molecular weight is 262 g/mol. The topological polar surface area (TPSA) is 35.0 Å². The van der Waals surface area contributed by atoms with Crippen LogP contribution in [0.5, 0.6) is 0 Å². The van der Waals surface area contributed by atoms with Crippen LogP contribution in [0.2, 0.25) is 0 Å². The summed E-state index contributed by atoms with van der Waals surface area (Å²) in [5.74, 6) is 0. The molecule has 0 radical (unpaired) electrons. The molecule has 0 aliphatic heterocycles. The van der Waals surface area contributed by atoms with E-state index in [0.717, 1.165) is 36.5 Å². The monoisotopic (exact) mass is 262 g/mol. The van der Waals surface area contributed by atoms with Crippen LogP contribution in [0.4, 0.5) is 0 Å². The molecule has 0 aliphatic carbocycles. The van der Waals surface area contributed by atoms with Gasteiger partial charge in [0.25, 0.3) is 0 Å². The zero-order chi connectivity index (χ0) is 14.5. The van der Waals surface area contributed by atoms with E-state index >= 15 is 0 Å². The van der Waals surface area contributed by atoms with Crippen LogP contribution < -0.4 is 0 Å². The Bertz CT molecular complexity index is 450.